The van der Waals surface area contributed by atoms with Gasteiger partial charge in [0.15, 0.2) is 0 Å². The van der Waals surface area contributed by atoms with Gasteiger partial charge in [0.25, 0.3) is 0 Å². The third kappa shape index (κ3) is 2.23. The molecule has 1 saturated carbocycles. The molecule has 1 heterocycles. The average molecular weight is 226 g/mol. The molecular weight excluding hydrogens is 204 g/mol. The summed E-state index contributed by atoms with van der Waals surface area (Å²) in [6, 6.07) is 0.219. The topological polar surface area (TPSA) is 55.6 Å². The van der Waals surface area contributed by atoms with Gasteiger partial charge in [-0.25, -0.2) is 0 Å². The normalized spacial score (nSPS) is 28.6. The van der Waals surface area contributed by atoms with E-state index >= 15 is 0 Å². The van der Waals surface area contributed by atoms with Crippen LogP contribution in [-0.2, 0) is 9.53 Å². The van der Waals surface area contributed by atoms with Crippen LogP contribution in [0.4, 0.5) is 0 Å². The van der Waals surface area contributed by atoms with Gasteiger partial charge >= 0.3 is 0 Å². The van der Waals surface area contributed by atoms with Gasteiger partial charge in [0, 0.05) is 13.0 Å². The number of hydrogen-bond donors (Lipinski definition) is 1. The summed E-state index contributed by atoms with van der Waals surface area (Å²) in [7, 11) is 0. The molecule has 2 aliphatic rings. The number of carbonyl (C=O) groups is 1. The Bertz CT molecular complexity index is 258. The molecule has 0 spiro atoms. The fraction of sp³-hybridized carbons (Fsp3) is 0.917. The average Bonchev–Trinajstić information content (AvgIpc) is 2.24. The van der Waals surface area contributed by atoms with Crippen LogP contribution < -0.4 is 5.73 Å². The number of nitrogens with zero attached hydrogens (tertiary/aromatic N) is 1. The Morgan fingerprint density at radius 1 is 1.56 bits per heavy atom. The van der Waals surface area contributed by atoms with E-state index in [9.17, 15) is 4.79 Å². The first-order valence-electron chi connectivity index (χ1n) is 6.24. The summed E-state index contributed by atoms with van der Waals surface area (Å²) in [6.07, 6.45) is 4.10. The summed E-state index contributed by atoms with van der Waals surface area (Å²) < 4.78 is 5.34. The van der Waals surface area contributed by atoms with Crippen molar-refractivity contribution in [2.45, 2.75) is 38.6 Å². The number of amides is 1. The van der Waals surface area contributed by atoms with E-state index in [4.69, 9.17) is 10.5 Å². The summed E-state index contributed by atoms with van der Waals surface area (Å²) in [4.78, 5) is 14.1. The van der Waals surface area contributed by atoms with E-state index in [0.29, 0.717) is 26.2 Å². The molecule has 92 valence electrons. The second kappa shape index (κ2) is 4.72. The fourth-order valence-corrected chi connectivity index (χ4v) is 2.65. The molecule has 4 nitrogen and oxygen atoms in total. The van der Waals surface area contributed by atoms with Crippen molar-refractivity contribution in [3.63, 3.8) is 0 Å². The summed E-state index contributed by atoms with van der Waals surface area (Å²) in [5.41, 5.74) is 5.91. The lowest BCUT2D eigenvalue weighted by Gasteiger charge is -2.43. The molecule has 1 atom stereocenters. The predicted octanol–water partition coefficient (Wildman–Crippen LogP) is 0.753. The molecular formula is C12H22N2O2. The molecule has 0 aromatic heterocycles. The van der Waals surface area contributed by atoms with Crippen LogP contribution in [0, 0.1) is 5.41 Å². The minimum Gasteiger partial charge on any atom is -0.377 e. The highest BCUT2D eigenvalue weighted by atomic mass is 16.5. The number of ether oxygens (including phenoxy) is 1. The molecule has 16 heavy (non-hydrogen) atoms. The highest BCUT2D eigenvalue weighted by Gasteiger charge is 2.39. The smallest absolute Gasteiger partial charge is 0.223 e. The minimum atomic E-state index is 0.120. The molecule has 1 amide bonds. The van der Waals surface area contributed by atoms with Crippen molar-refractivity contribution < 1.29 is 9.53 Å². The van der Waals surface area contributed by atoms with Gasteiger partial charge in [-0.3, -0.25) is 4.79 Å². The van der Waals surface area contributed by atoms with E-state index in [-0.39, 0.29) is 17.4 Å². The molecule has 1 unspecified atom stereocenters. The van der Waals surface area contributed by atoms with Gasteiger partial charge in [-0.2, -0.15) is 0 Å². The zero-order valence-corrected chi connectivity index (χ0v) is 10.1. The standard InChI is InChI=1S/C12H22N2O2/c1-10-8-16-6-5-14(10)11(15)7-12(9-13)3-2-4-12/h10H,2-9,13H2,1H3. The van der Waals surface area contributed by atoms with Crippen LogP contribution in [0.2, 0.25) is 0 Å². The van der Waals surface area contributed by atoms with Crippen LogP contribution in [0.5, 0.6) is 0 Å². The van der Waals surface area contributed by atoms with E-state index in [1.54, 1.807) is 0 Å². The molecule has 4 heteroatoms. The van der Waals surface area contributed by atoms with Crippen molar-refractivity contribution in [2.24, 2.45) is 11.1 Å². The van der Waals surface area contributed by atoms with Gasteiger partial charge < -0.3 is 15.4 Å². The molecule has 0 bridgehead atoms. The van der Waals surface area contributed by atoms with E-state index in [1.807, 2.05) is 11.8 Å². The maximum Gasteiger partial charge on any atom is 0.223 e. The maximum atomic E-state index is 12.2. The van der Waals surface area contributed by atoms with Crippen LogP contribution in [0.25, 0.3) is 0 Å². The number of carbonyl (C=O) groups excluding carboxylic acids is 1. The van der Waals surface area contributed by atoms with E-state index in [2.05, 4.69) is 0 Å². The van der Waals surface area contributed by atoms with Crippen molar-refractivity contribution in [3.05, 3.63) is 0 Å². The lowest BCUT2D eigenvalue weighted by atomic mass is 9.66. The second-order valence-corrected chi connectivity index (χ2v) is 5.25. The molecule has 0 aromatic carbocycles. The van der Waals surface area contributed by atoms with Gasteiger partial charge in [0.2, 0.25) is 5.91 Å². The Morgan fingerprint density at radius 2 is 2.31 bits per heavy atom. The lowest BCUT2D eigenvalue weighted by molar-refractivity contribution is -0.143. The Hall–Kier alpha value is -0.610. The van der Waals surface area contributed by atoms with Gasteiger partial charge in [0.1, 0.15) is 0 Å². The summed E-state index contributed by atoms with van der Waals surface area (Å²) in [5, 5.41) is 0. The Kier molecular flexibility index (Phi) is 3.50. The SMILES string of the molecule is CC1COCCN1C(=O)CC1(CN)CCC1. The lowest BCUT2D eigenvalue weighted by Crippen LogP contribution is -2.50. The Morgan fingerprint density at radius 3 is 2.81 bits per heavy atom. The van der Waals surface area contributed by atoms with Crippen molar-refractivity contribution in [2.75, 3.05) is 26.3 Å². The first kappa shape index (κ1) is 11.9. The highest BCUT2D eigenvalue weighted by Crippen LogP contribution is 2.43. The van der Waals surface area contributed by atoms with E-state index < -0.39 is 0 Å². The number of hydrogen-bond acceptors (Lipinski definition) is 3. The zero-order chi connectivity index (χ0) is 11.6. The van der Waals surface area contributed by atoms with Crippen LogP contribution in [0.1, 0.15) is 32.6 Å². The molecule has 1 aliphatic carbocycles. The summed E-state index contributed by atoms with van der Waals surface area (Å²) >= 11 is 0. The maximum absolute atomic E-state index is 12.2. The first-order valence-corrected chi connectivity index (χ1v) is 6.24. The van der Waals surface area contributed by atoms with Gasteiger partial charge in [-0.05, 0) is 31.7 Å². The summed E-state index contributed by atoms with van der Waals surface area (Å²) in [5.74, 6) is 0.265. The van der Waals surface area contributed by atoms with Gasteiger partial charge in [-0.15, -0.1) is 0 Å². The third-order valence-electron chi connectivity index (χ3n) is 4.06. The van der Waals surface area contributed by atoms with E-state index in [0.717, 1.165) is 19.4 Å². The largest absolute Gasteiger partial charge is 0.377 e. The Balaban J connectivity index is 1.91. The van der Waals surface area contributed by atoms with Crippen LogP contribution in [-0.4, -0.2) is 43.2 Å². The van der Waals surface area contributed by atoms with Crippen LogP contribution in [0.3, 0.4) is 0 Å². The quantitative estimate of drug-likeness (QED) is 0.772. The fourth-order valence-electron chi connectivity index (χ4n) is 2.65. The Labute approximate surface area is 97.1 Å². The van der Waals surface area contributed by atoms with Gasteiger partial charge in [0.05, 0.1) is 19.3 Å². The summed E-state index contributed by atoms with van der Waals surface area (Å²) in [6.45, 7) is 4.78. The molecule has 1 aliphatic heterocycles. The van der Waals surface area contributed by atoms with Crippen molar-refractivity contribution >= 4 is 5.91 Å². The molecule has 0 radical (unpaired) electrons. The van der Waals surface area contributed by atoms with Gasteiger partial charge in [-0.1, -0.05) is 6.42 Å². The number of rotatable bonds is 3. The number of morpholine rings is 1. The molecule has 2 fully saturated rings. The molecule has 1 saturated heterocycles. The van der Waals surface area contributed by atoms with Crippen molar-refractivity contribution in [1.29, 1.82) is 0 Å². The monoisotopic (exact) mass is 226 g/mol. The van der Waals surface area contributed by atoms with Crippen molar-refractivity contribution in [1.82, 2.24) is 4.90 Å². The minimum absolute atomic E-state index is 0.120. The van der Waals surface area contributed by atoms with Crippen LogP contribution in [0.15, 0.2) is 0 Å². The molecule has 2 rings (SSSR count). The molecule has 0 aromatic rings. The third-order valence-corrected chi connectivity index (χ3v) is 4.06. The zero-order valence-electron chi connectivity index (χ0n) is 10.1. The molecule has 2 N–H and O–H groups in total. The van der Waals surface area contributed by atoms with E-state index in [1.165, 1.54) is 6.42 Å². The first-order chi connectivity index (χ1) is 7.67. The second-order valence-electron chi connectivity index (χ2n) is 5.25. The number of nitrogens with two attached hydrogens (primary N) is 1. The van der Waals surface area contributed by atoms with Crippen molar-refractivity contribution in [3.8, 4) is 0 Å². The van der Waals surface area contributed by atoms with Crippen LogP contribution >= 0.6 is 0 Å². The highest BCUT2D eigenvalue weighted by molar-refractivity contribution is 5.77. The predicted molar refractivity (Wildman–Crippen MR) is 61.9 cm³/mol.